The van der Waals surface area contributed by atoms with Crippen molar-refractivity contribution in [3.8, 4) is 5.69 Å². The fraction of sp³-hybridized carbons (Fsp3) is 0.200. The molecule has 3 rings (SSSR count). The molecule has 0 saturated carbocycles. The van der Waals surface area contributed by atoms with Gasteiger partial charge in [-0.05, 0) is 45.0 Å². The van der Waals surface area contributed by atoms with E-state index in [4.69, 9.17) is 9.15 Å². The van der Waals surface area contributed by atoms with Crippen molar-refractivity contribution in [1.82, 2.24) is 4.57 Å². The van der Waals surface area contributed by atoms with Gasteiger partial charge in [-0.15, -0.1) is 0 Å². The standard InChI is InChI=1S/C20H18N2O6/c1-12-4-6-15(7-5-12)21-13(2)10-16(14(21)3)17(23)11-27-20(24)18-8-9-19(28-18)22(25)26/h4-10H,11H2,1-3H3. The van der Waals surface area contributed by atoms with E-state index >= 15 is 0 Å². The van der Waals surface area contributed by atoms with E-state index in [1.807, 2.05) is 49.6 Å². The molecule has 0 atom stereocenters. The van der Waals surface area contributed by atoms with Crippen LogP contribution in [0, 0.1) is 30.9 Å². The molecule has 2 heterocycles. The van der Waals surface area contributed by atoms with Gasteiger partial charge >= 0.3 is 11.9 Å². The molecule has 0 amide bonds. The molecule has 0 N–H and O–H groups in total. The maximum absolute atomic E-state index is 12.5. The number of hydrogen-bond acceptors (Lipinski definition) is 6. The molecule has 3 aromatic rings. The summed E-state index contributed by atoms with van der Waals surface area (Å²) in [5.41, 5.74) is 4.11. The van der Waals surface area contributed by atoms with Crippen LogP contribution in [0.15, 0.2) is 46.9 Å². The molecule has 0 fully saturated rings. The van der Waals surface area contributed by atoms with E-state index in [0.29, 0.717) is 5.56 Å². The van der Waals surface area contributed by atoms with Gasteiger partial charge in [0.15, 0.2) is 6.61 Å². The highest BCUT2D eigenvalue weighted by atomic mass is 16.7. The monoisotopic (exact) mass is 382 g/mol. The number of ether oxygens (including phenoxy) is 1. The lowest BCUT2D eigenvalue weighted by atomic mass is 10.1. The minimum Gasteiger partial charge on any atom is -0.451 e. The van der Waals surface area contributed by atoms with Crippen LogP contribution in [0.4, 0.5) is 5.88 Å². The molecule has 2 aromatic heterocycles. The van der Waals surface area contributed by atoms with Crippen LogP contribution in [0.5, 0.6) is 0 Å². The van der Waals surface area contributed by atoms with Crippen molar-refractivity contribution in [3.05, 3.63) is 80.9 Å². The Morgan fingerprint density at radius 3 is 2.39 bits per heavy atom. The Bertz CT molecular complexity index is 1060. The molecule has 0 saturated heterocycles. The number of nitro groups is 1. The highest BCUT2D eigenvalue weighted by Gasteiger charge is 2.21. The van der Waals surface area contributed by atoms with E-state index in [-0.39, 0.29) is 11.5 Å². The average molecular weight is 382 g/mol. The second kappa shape index (κ2) is 7.51. The summed E-state index contributed by atoms with van der Waals surface area (Å²) in [5.74, 6) is -2.21. The summed E-state index contributed by atoms with van der Waals surface area (Å²) >= 11 is 0. The Labute approximate surface area is 160 Å². The summed E-state index contributed by atoms with van der Waals surface area (Å²) in [6.07, 6.45) is 0. The summed E-state index contributed by atoms with van der Waals surface area (Å²) in [7, 11) is 0. The Balaban J connectivity index is 1.74. The number of ketones is 1. The zero-order valence-corrected chi connectivity index (χ0v) is 15.6. The molecule has 8 heteroatoms. The van der Waals surface area contributed by atoms with E-state index in [1.165, 1.54) is 0 Å². The second-order valence-corrected chi connectivity index (χ2v) is 6.35. The Kier molecular flexibility index (Phi) is 5.12. The summed E-state index contributed by atoms with van der Waals surface area (Å²) in [6, 6.07) is 11.8. The van der Waals surface area contributed by atoms with Gasteiger partial charge in [-0.25, -0.2) is 4.79 Å². The van der Waals surface area contributed by atoms with E-state index in [1.54, 1.807) is 6.07 Å². The van der Waals surface area contributed by atoms with Gasteiger partial charge < -0.3 is 13.7 Å². The lowest BCUT2D eigenvalue weighted by Crippen LogP contribution is -2.14. The van der Waals surface area contributed by atoms with Gasteiger partial charge in [0.25, 0.3) is 0 Å². The highest BCUT2D eigenvalue weighted by molar-refractivity contribution is 6.00. The van der Waals surface area contributed by atoms with Crippen molar-refractivity contribution in [2.75, 3.05) is 6.61 Å². The van der Waals surface area contributed by atoms with Crippen LogP contribution in [0.25, 0.3) is 5.69 Å². The van der Waals surface area contributed by atoms with E-state index in [0.717, 1.165) is 34.8 Å². The van der Waals surface area contributed by atoms with Crippen molar-refractivity contribution in [3.63, 3.8) is 0 Å². The fourth-order valence-corrected chi connectivity index (χ4v) is 2.95. The van der Waals surface area contributed by atoms with E-state index in [2.05, 4.69) is 0 Å². The lowest BCUT2D eigenvalue weighted by Gasteiger charge is -2.10. The molecular weight excluding hydrogens is 364 g/mol. The van der Waals surface area contributed by atoms with Gasteiger partial charge in [-0.1, -0.05) is 17.7 Å². The fourth-order valence-electron chi connectivity index (χ4n) is 2.95. The van der Waals surface area contributed by atoms with Crippen LogP contribution in [-0.2, 0) is 4.74 Å². The molecular formula is C20H18N2O6. The number of Topliss-reactive ketones (excluding diaryl/α,β-unsaturated/α-hetero) is 1. The number of carbonyl (C=O) groups excluding carboxylic acids is 2. The molecule has 28 heavy (non-hydrogen) atoms. The van der Waals surface area contributed by atoms with E-state index in [9.17, 15) is 19.7 Å². The zero-order valence-electron chi connectivity index (χ0n) is 15.6. The predicted octanol–water partition coefficient (Wildman–Crippen LogP) is 3.94. The molecule has 0 aliphatic heterocycles. The van der Waals surface area contributed by atoms with Gasteiger partial charge in [-0.2, -0.15) is 0 Å². The third kappa shape index (κ3) is 3.71. The maximum atomic E-state index is 12.5. The number of carbonyl (C=O) groups is 2. The van der Waals surface area contributed by atoms with Gasteiger partial charge in [0.2, 0.25) is 11.5 Å². The second-order valence-electron chi connectivity index (χ2n) is 6.35. The van der Waals surface area contributed by atoms with Crippen molar-refractivity contribution < 1.29 is 23.7 Å². The lowest BCUT2D eigenvalue weighted by molar-refractivity contribution is -0.402. The van der Waals surface area contributed by atoms with Crippen LogP contribution in [0.1, 0.15) is 37.9 Å². The SMILES string of the molecule is Cc1ccc(-n2c(C)cc(C(=O)COC(=O)c3ccc([N+](=O)[O-])o3)c2C)cc1. The maximum Gasteiger partial charge on any atom is 0.433 e. The third-order valence-corrected chi connectivity index (χ3v) is 4.33. The Hall–Kier alpha value is -3.68. The number of aryl methyl sites for hydroxylation is 2. The predicted molar refractivity (Wildman–Crippen MR) is 100.0 cm³/mol. The Morgan fingerprint density at radius 1 is 1.11 bits per heavy atom. The summed E-state index contributed by atoms with van der Waals surface area (Å²) < 4.78 is 11.7. The summed E-state index contributed by atoms with van der Waals surface area (Å²) in [4.78, 5) is 34.3. The first-order chi connectivity index (χ1) is 13.3. The molecule has 1 aromatic carbocycles. The van der Waals surface area contributed by atoms with Crippen molar-refractivity contribution in [2.45, 2.75) is 20.8 Å². The van der Waals surface area contributed by atoms with Crippen LogP contribution in [0.2, 0.25) is 0 Å². The van der Waals surface area contributed by atoms with Gasteiger partial charge in [0, 0.05) is 22.6 Å². The molecule has 0 aliphatic carbocycles. The zero-order chi connectivity index (χ0) is 20.4. The van der Waals surface area contributed by atoms with Crippen LogP contribution >= 0.6 is 0 Å². The van der Waals surface area contributed by atoms with Gasteiger partial charge in [0.1, 0.15) is 4.92 Å². The largest absolute Gasteiger partial charge is 0.451 e. The minimum atomic E-state index is -0.936. The summed E-state index contributed by atoms with van der Waals surface area (Å²) in [5, 5.41) is 10.6. The Morgan fingerprint density at radius 2 is 1.79 bits per heavy atom. The first-order valence-corrected chi connectivity index (χ1v) is 8.48. The van der Waals surface area contributed by atoms with E-state index < -0.39 is 23.4 Å². The number of nitrogens with zero attached hydrogens (tertiary/aromatic N) is 2. The number of rotatable bonds is 6. The van der Waals surface area contributed by atoms with Crippen molar-refractivity contribution in [2.24, 2.45) is 0 Å². The van der Waals surface area contributed by atoms with Gasteiger partial charge in [-0.3, -0.25) is 14.9 Å². The quantitative estimate of drug-likeness (QED) is 0.277. The number of esters is 1. The third-order valence-electron chi connectivity index (χ3n) is 4.33. The summed E-state index contributed by atoms with van der Waals surface area (Å²) in [6.45, 7) is 5.21. The van der Waals surface area contributed by atoms with Crippen molar-refractivity contribution in [1.29, 1.82) is 0 Å². The molecule has 144 valence electrons. The minimum absolute atomic E-state index is 0.329. The average Bonchev–Trinajstić information content (AvgIpc) is 3.26. The molecule has 0 unspecified atom stereocenters. The van der Waals surface area contributed by atoms with Gasteiger partial charge in [0.05, 0.1) is 6.07 Å². The molecule has 0 bridgehead atoms. The normalized spacial score (nSPS) is 10.7. The highest BCUT2D eigenvalue weighted by Crippen LogP contribution is 2.22. The number of aromatic nitrogens is 1. The van der Waals surface area contributed by atoms with Crippen LogP contribution in [0.3, 0.4) is 0 Å². The van der Waals surface area contributed by atoms with Crippen molar-refractivity contribution >= 4 is 17.6 Å². The van der Waals surface area contributed by atoms with Crippen LogP contribution < -0.4 is 0 Å². The first-order valence-electron chi connectivity index (χ1n) is 8.48. The molecule has 0 radical (unpaired) electrons. The number of benzene rings is 1. The smallest absolute Gasteiger partial charge is 0.433 e. The number of hydrogen-bond donors (Lipinski definition) is 0. The molecule has 0 aliphatic rings. The number of furan rings is 1. The van der Waals surface area contributed by atoms with Crippen LogP contribution in [-0.4, -0.2) is 27.8 Å². The topological polar surface area (TPSA) is 105 Å². The molecule has 0 spiro atoms. The first kappa shape index (κ1) is 19.1. The molecule has 8 nitrogen and oxygen atoms in total.